The maximum absolute atomic E-state index is 11.7. The van der Waals surface area contributed by atoms with Gasteiger partial charge in [-0.25, -0.2) is 0 Å². The number of anilines is 2. The lowest BCUT2D eigenvalue weighted by Gasteiger charge is -2.36. The molecule has 0 aromatic heterocycles. The van der Waals surface area contributed by atoms with E-state index >= 15 is 0 Å². The molecular weight excluding hydrogens is 356 g/mol. The molecule has 0 aliphatic carbocycles. The van der Waals surface area contributed by atoms with Gasteiger partial charge in [0, 0.05) is 38.3 Å². The van der Waals surface area contributed by atoms with Crippen LogP contribution in [0.3, 0.4) is 0 Å². The predicted molar refractivity (Wildman–Crippen MR) is 110 cm³/mol. The van der Waals surface area contributed by atoms with Crippen molar-refractivity contribution in [3.63, 3.8) is 0 Å². The summed E-state index contributed by atoms with van der Waals surface area (Å²) in [4.78, 5) is 16.4. The van der Waals surface area contributed by atoms with Crippen molar-refractivity contribution < 1.29 is 4.79 Å². The minimum Gasteiger partial charge on any atom is -0.368 e. The summed E-state index contributed by atoms with van der Waals surface area (Å²) in [5.41, 5.74) is 1.82. The number of thiocarbonyl (C=S) groups is 1. The molecule has 1 heterocycles. The monoisotopic (exact) mass is 382 g/mol. The largest absolute Gasteiger partial charge is 0.368 e. The Morgan fingerprint density at radius 3 is 2.56 bits per heavy atom. The maximum atomic E-state index is 11.7. The first kappa shape index (κ1) is 19.9. The summed E-state index contributed by atoms with van der Waals surface area (Å²) < 4.78 is 0. The maximum Gasteiger partial charge on any atom is 0.226 e. The van der Waals surface area contributed by atoms with E-state index in [1.807, 2.05) is 18.2 Å². The Balaban J connectivity index is 1.91. The topological polar surface area (TPSA) is 47.6 Å². The van der Waals surface area contributed by atoms with Crippen molar-refractivity contribution in [1.82, 2.24) is 10.2 Å². The van der Waals surface area contributed by atoms with Crippen molar-refractivity contribution in [2.24, 2.45) is 0 Å². The number of hydrogen-bond acceptors (Lipinski definition) is 4. The highest BCUT2D eigenvalue weighted by molar-refractivity contribution is 7.80. The fraction of sp³-hybridized carbons (Fsp3) is 0.556. The van der Waals surface area contributed by atoms with Gasteiger partial charge in [-0.15, -0.1) is 0 Å². The van der Waals surface area contributed by atoms with E-state index in [4.69, 9.17) is 23.8 Å². The molecule has 1 aliphatic heterocycles. The molecule has 5 nitrogen and oxygen atoms in total. The van der Waals surface area contributed by atoms with E-state index < -0.39 is 0 Å². The van der Waals surface area contributed by atoms with Crippen molar-refractivity contribution in [2.75, 3.05) is 42.9 Å². The van der Waals surface area contributed by atoms with Gasteiger partial charge in [-0.2, -0.15) is 0 Å². The average Bonchev–Trinajstić information content (AvgIpc) is 2.60. The third-order valence-electron chi connectivity index (χ3n) is 4.38. The highest BCUT2D eigenvalue weighted by Gasteiger charge is 2.18. The second-order valence-electron chi connectivity index (χ2n) is 6.19. The third-order valence-corrected chi connectivity index (χ3v) is 4.88. The Kier molecular flexibility index (Phi) is 7.93. The molecule has 7 heteroatoms. The van der Waals surface area contributed by atoms with E-state index in [1.54, 1.807) is 0 Å². The van der Waals surface area contributed by atoms with Gasteiger partial charge in [-0.05, 0) is 43.4 Å². The van der Waals surface area contributed by atoms with Crippen LogP contribution in [0.25, 0.3) is 0 Å². The summed E-state index contributed by atoms with van der Waals surface area (Å²) in [6, 6.07) is 5.80. The van der Waals surface area contributed by atoms with Crippen molar-refractivity contribution in [1.29, 1.82) is 0 Å². The van der Waals surface area contributed by atoms with Crippen molar-refractivity contribution in [3.8, 4) is 0 Å². The molecule has 0 radical (unpaired) electrons. The molecule has 1 fully saturated rings. The number of nitrogens with zero attached hydrogens (tertiary/aromatic N) is 2. The minimum atomic E-state index is -0.0594. The number of hydrogen-bond donors (Lipinski definition) is 2. The van der Waals surface area contributed by atoms with Crippen LogP contribution >= 0.6 is 23.8 Å². The van der Waals surface area contributed by atoms with Gasteiger partial charge in [0.15, 0.2) is 5.11 Å². The van der Waals surface area contributed by atoms with Gasteiger partial charge in [-0.1, -0.05) is 31.9 Å². The van der Waals surface area contributed by atoms with Crippen molar-refractivity contribution in [2.45, 2.75) is 33.1 Å². The van der Waals surface area contributed by atoms with E-state index in [0.717, 1.165) is 56.9 Å². The predicted octanol–water partition coefficient (Wildman–Crippen LogP) is 3.49. The number of likely N-dealkylation sites (N-methyl/N-ethyl adjacent to an activating group) is 1. The number of benzene rings is 1. The molecular formula is C18H27ClN4OS. The van der Waals surface area contributed by atoms with Crippen LogP contribution in [0.5, 0.6) is 0 Å². The summed E-state index contributed by atoms with van der Waals surface area (Å²) in [5.74, 6) is -0.0594. The van der Waals surface area contributed by atoms with Crippen LogP contribution in [0.15, 0.2) is 18.2 Å². The molecule has 2 N–H and O–H groups in total. The lowest BCUT2D eigenvalue weighted by Crippen LogP contribution is -2.46. The molecule has 0 unspecified atom stereocenters. The Morgan fingerprint density at radius 2 is 1.96 bits per heavy atom. The zero-order valence-corrected chi connectivity index (χ0v) is 16.6. The van der Waals surface area contributed by atoms with Gasteiger partial charge in [0.05, 0.1) is 10.7 Å². The number of piperazine rings is 1. The first-order chi connectivity index (χ1) is 12.0. The molecule has 25 heavy (non-hydrogen) atoms. The molecule has 0 bridgehead atoms. The van der Waals surface area contributed by atoms with Crippen LogP contribution in [0, 0.1) is 0 Å². The molecule has 1 aromatic rings. The molecule has 0 spiro atoms. The van der Waals surface area contributed by atoms with E-state index in [2.05, 4.69) is 34.3 Å². The number of carbonyl (C=O) groups excluding carboxylic acids is 1. The van der Waals surface area contributed by atoms with Gasteiger partial charge in [0.1, 0.15) is 0 Å². The van der Waals surface area contributed by atoms with Crippen LogP contribution in [0.2, 0.25) is 5.02 Å². The summed E-state index contributed by atoms with van der Waals surface area (Å²) in [7, 11) is 0. The first-order valence-corrected chi connectivity index (χ1v) is 9.69. The van der Waals surface area contributed by atoms with Crippen LogP contribution < -0.4 is 15.5 Å². The molecule has 2 rings (SSSR count). The summed E-state index contributed by atoms with van der Waals surface area (Å²) >= 11 is 11.7. The van der Waals surface area contributed by atoms with Gasteiger partial charge < -0.3 is 20.4 Å². The van der Waals surface area contributed by atoms with Gasteiger partial charge in [0.25, 0.3) is 0 Å². The van der Waals surface area contributed by atoms with Crippen LogP contribution in [-0.4, -0.2) is 48.6 Å². The van der Waals surface area contributed by atoms with E-state index in [-0.39, 0.29) is 5.91 Å². The Morgan fingerprint density at radius 1 is 1.24 bits per heavy atom. The number of halogens is 1. The summed E-state index contributed by atoms with van der Waals surface area (Å²) in [5, 5.41) is 6.72. The quantitative estimate of drug-likeness (QED) is 0.737. The van der Waals surface area contributed by atoms with E-state index in [0.29, 0.717) is 16.6 Å². The fourth-order valence-corrected chi connectivity index (χ4v) is 3.37. The molecule has 1 saturated heterocycles. The van der Waals surface area contributed by atoms with Gasteiger partial charge in [0.2, 0.25) is 5.91 Å². The molecule has 1 aromatic carbocycles. The van der Waals surface area contributed by atoms with Gasteiger partial charge in [-0.3, -0.25) is 4.79 Å². The van der Waals surface area contributed by atoms with Crippen molar-refractivity contribution in [3.05, 3.63) is 23.2 Å². The third kappa shape index (κ3) is 6.13. The standard InChI is InChI=1S/C18H27ClN4OS/c1-3-5-6-17(24)21-18(25)20-14-7-8-16(15(19)13-14)23-11-9-22(4-2)10-12-23/h7-8,13H,3-6,9-12H2,1-2H3,(H2,20,21,24,25). The molecule has 1 amide bonds. The Labute approximate surface area is 160 Å². The second kappa shape index (κ2) is 9.94. The van der Waals surface area contributed by atoms with Crippen LogP contribution in [0.1, 0.15) is 33.1 Å². The zero-order chi connectivity index (χ0) is 18.2. The lowest BCUT2D eigenvalue weighted by molar-refractivity contribution is -0.119. The van der Waals surface area contributed by atoms with Crippen molar-refractivity contribution >= 4 is 46.2 Å². The zero-order valence-electron chi connectivity index (χ0n) is 15.0. The Bertz CT molecular complexity index is 603. The van der Waals surface area contributed by atoms with Crippen LogP contribution in [0.4, 0.5) is 11.4 Å². The lowest BCUT2D eigenvalue weighted by atomic mass is 10.2. The Hall–Kier alpha value is -1.37. The molecule has 0 atom stereocenters. The molecule has 138 valence electrons. The number of carbonyl (C=O) groups is 1. The van der Waals surface area contributed by atoms with E-state index in [9.17, 15) is 4.79 Å². The smallest absolute Gasteiger partial charge is 0.226 e. The van der Waals surface area contributed by atoms with Crippen LogP contribution in [-0.2, 0) is 4.79 Å². The normalized spacial score (nSPS) is 15.1. The van der Waals surface area contributed by atoms with E-state index in [1.165, 1.54) is 0 Å². The highest BCUT2D eigenvalue weighted by Crippen LogP contribution is 2.29. The summed E-state index contributed by atoms with van der Waals surface area (Å²) in [6.07, 6.45) is 2.33. The number of nitrogens with one attached hydrogen (secondary N) is 2. The SMILES string of the molecule is CCCCC(=O)NC(=S)Nc1ccc(N2CCN(CC)CC2)c(Cl)c1. The average molecular weight is 383 g/mol. The second-order valence-corrected chi connectivity index (χ2v) is 7.01. The number of amides is 1. The highest BCUT2D eigenvalue weighted by atomic mass is 35.5. The number of unbranched alkanes of at least 4 members (excludes halogenated alkanes) is 1. The molecule has 0 saturated carbocycles. The number of rotatable bonds is 6. The minimum absolute atomic E-state index is 0.0594. The fourth-order valence-electron chi connectivity index (χ4n) is 2.83. The summed E-state index contributed by atoms with van der Waals surface area (Å²) in [6.45, 7) is 9.40. The van der Waals surface area contributed by atoms with Gasteiger partial charge >= 0.3 is 0 Å². The molecule has 1 aliphatic rings. The first-order valence-electron chi connectivity index (χ1n) is 8.91.